The van der Waals surface area contributed by atoms with Crippen LogP contribution in [-0.2, 0) is 9.31 Å². The van der Waals surface area contributed by atoms with Crippen molar-refractivity contribution >= 4 is 7.12 Å². The summed E-state index contributed by atoms with van der Waals surface area (Å²) in [4.78, 5) is 0. The van der Waals surface area contributed by atoms with Gasteiger partial charge in [0.2, 0.25) is 0 Å². The Bertz CT molecular complexity index is 235. The van der Waals surface area contributed by atoms with Crippen molar-refractivity contribution in [3.05, 3.63) is 0 Å². The first-order valence-corrected chi connectivity index (χ1v) is 5.95. The fraction of sp³-hybridized carbons (Fsp3) is 1.00. The Balaban J connectivity index is 2.02. The zero-order valence-corrected chi connectivity index (χ0v) is 10.2. The lowest BCUT2D eigenvalue weighted by atomic mass is 9.64. The highest BCUT2D eigenvalue weighted by atomic mass is 16.7. The third-order valence-corrected chi connectivity index (χ3v) is 4.28. The molecule has 0 radical (unpaired) electrons. The molecule has 1 aliphatic carbocycles. The van der Waals surface area contributed by atoms with Crippen LogP contribution < -0.4 is 5.73 Å². The molecule has 0 aromatic rings. The van der Waals surface area contributed by atoms with Gasteiger partial charge < -0.3 is 15.0 Å². The van der Waals surface area contributed by atoms with Crippen molar-refractivity contribution in [1.29, 1.82) is 0 Å². The van der Waals surface area contributed by atoms with Crippen LogP contribution in [0.4, 0.5) is 0 Å². The molecule has 0 bridgehead atoms. The first-order valence-electron chi connectivity index (χ1n) is 5.95. The van der Waals surface area contributed by atoms with Gasteiger partial charge in [0, 0.05) is 5.94 Å². The maximum absolute atomic E-state index is 6.18. The van der Waals surface area contributed by atoms with E-state index in [2.05, 4.69) is 27.7 Å². The average Bonchev–Trinajstić information content (AvgIpc) is 2.17. The molecule has 2 aliphatic rings. The lowest BCUT2D eigenvalue weighted by molar-refractivity contribution is 0.00578. The topological polar surface area (TPSA) is 44.5 Å². The molecule has 0 amide bonds. The van der Waals surface area contributed by atoms with Crippen molar-refractivity contribution < 1.29 is 9.31 Å². The van der Waals surface area contributed by atoms with Crippen molar-refractivity contribution in [3.8, 4) is 0 Å². The van der Waals surface area contributed by atoms with Gasteiger partial charge in [0.15, 0.2) is 0 Å². The number of hydrogen-bond donors (Lipinski definition) is 1. The van der Waals surface area contributed by atoms with Crippen LogP contribution in [-0.4, -0.2) is 24.3 Å². The highest BCUT2D eigenvalue weighted by Gasteiger charge is 2.54. The van der Waals surface area contributed by atoms with Crippen molar-refractivity contribution in [2.45, 2.75) is 64.1 Å². The van der Waals surface area contributed by atoms with Crippen molar-refractivity contribution in [1.82, 2.24) is 0 Å². The Morgan fingerprint density at radius 3 is 1.93 bits per heavy atom. The molecule has 0 spiro atoms. The van der Waals surface area contributed by atoms with E-state index < -0.39 is 0 Å². The molecule has 1 saturated heterocycles. The molecule has 0 aromatic carbocycles. The van der Waals surface area contributed by atoms with Crippen LogP contribution >= 0.6 is 0 Å². The van der Waals surface area contributed by atoms with Gasteiger partial charge in [-0.25, -0.2) is 0 Å². The minimum absolute atomic E-state index is 0.0415. The van der Waals surface area contributed by atoms with E-state index in [0.717, 1.165) is 0 Å². The lowest BCUT2D eigenvalue weighted by Crippen LogP contribution is -2.49. The molecule has 2 N–H and O–H groups in total. The first kappa shape index (κ1) is 11.4. The molecule has 4 heteroatoms. The summed E-state index contributed by atoms with van der Waals surface area (Å²) < 4.78 is 11.9. The molecule has 3 nitrogen and oxygen atoms in total. The molecule has 15 heavy (non-hydrogen) atoms. The predicted molar refractivity (Wildman–Crippen MR) is 61.4 cm³/mol. The summed E-state index contributed by atoms with van der Waals surface area (Å²) in [6, 6.07) is 0. The highest BCUT2D eigenvalue weighted by molar-refractivity contribution is 6.47. The maximum Gasteiger partial charge on any atom is 0.476 e. The third kappa shape index (κ3) is 1.83. The Morgan fingerprint density at radius 2 is 1.60 bits per heavy atom. The Morgan fingerprint density at radius 1 is 1.13 bits per heavy atom. The van der Waals surface area contributed by atoms with E-state index >= 15 is 0 Å². The van der Waals surface area contributed by atoms with Gasteiger partial charge in [0.05, 0.1) is 11.2 Å². The molecular weight excluding hydrogens is 189 g/mol. The van der Waals surface area contributed by atoms with Crippen molar-refractivity contribution in [3.63, 3.8) is 0 Å². The van der Waals surface area contributed by atoms with Gasteiger partial charge >= 0.3 is 7.12 Å². The van der Waals surface area contributed by atoms with Crippen LogP contribution in [0.1, 0.15) is 47.0 Å². The van der Waals surface area contributed by atoms with Gasteiger partial charge in [0.25, 0.3) is 0 Å². The fourth-order valence-corrected chi connectivity index (χ4v) is 2.09. The summed E-state index contributed by atoms with van der Waals surface area (Å²) in [5.41, 5.74) is 5.67. The summed E-state index contributed by atoms with van der Waals surface area (Å²) in [7, 11) is -0.222. The van der Waals surface area contributed by atoms with Gasteiger partial charge in [0.1, 0.15) is 0 Å². The van der Waals surface area contributed by atoms with Crippen LogP contribution in [0.2, 0.25) is 0 Å². The lowest BCUT2D eigenvalue weighted by Gasteiger charge is -2.32. The van der Waals surface area contributed by atoms with E-state index in [1.165, 1.54) is 19.3 Å². The highest BCUT2D eigenvalue weighted by Crippen LogP contribution is 2.40. The quantitative estimate of drug-likeness (QED) is 0.707. The molecule has 1 saturated carbocycles. The minimum Gasteiger partial charge on any atom is -0.402 e. The normalized spacial score (nSPS) is 31.4. The van der Waals surface area contributed by atoms with Gasteiger partial charge in [-0.3, -0.25) is 0 Å². The summed E-state index contributed by atoms with van der Waals surface area (Å²) in [6.07, 6.45) is 3.76. The predicted octanol–water partition coefficient (Wildman–Crippen LogP) is 1.75. The Kier molecular flexibility index (Phi) is 2.65. The van der Waals surface area contributed by atoms with E-state index in [1.807, 2.05) is 0 Å². The molecule has 86 valence electrons. The third-order valence-electron chi connectivity index (χ3n) is 4.28. The second-order valence-electron chi connectivity index (χ2n) is 5.89. The molecule has 0 aromatic heterocycles. The monoisotopic (exact) mass is 211 g/mol. The molecule has 1 unspecified atom stereocenters. The second kappa shape index (κ2) is 3.47. The zero-order chi connectivity index (χ0) is 11.3. The largest absolute Gasteiger partial charge is 0.476 e. The average molecular weight is 211 g/mol. The number of hydrogen-bond acceptors (Lipinski definition) is 3. The minimum atomic E-state index is -0.251. The molecule has 1 aliphatic heterocycles. The maximum atomic E-state index is 6.18. The van der Waals surface area contributed by atoms with Crippen molar-refractivity contribution in [2.24, 2.45) is 11.7 Å². The Labute approximate surface area is 92.8 Å². The summed E-state index contributed by atoms with van der Waals surface area (Å²) >= 11 is 0. The van der Waals surface area contributed by atoms with Crippen LogP contribution in [0, 0.1) is 5.92 Å². The molecule has 2 fully saturated rings. The number of nitrogens with two attached hydrogens (primary N) is 1. The summed E-state index contributed by atoms with van der Waals surface area (Å²) in [5, 5.41) is 0. The van der Waals surface area contributed by atoms with E-state index in [9.17, 15) is 0 Å². The van der Waals surface area contributed by atoms with E-state index in [4.69, 9.17) is 15.0 Å². The SMILES string of the molecule is CC1(C)OB(C(N)C2CCC2)OC1(C)C. The summed E-state index contributed by atoms with van der Waals surface area (Å²) in [5.74, 6) is 0.638. The first-order chi connectivity index (χ1) is 6.83. The standard InChI is InChI=1S/C11H22BNO2/c1-10(2)11(3,4)15-12(14-10)9(13)8-6-5-7-8/h8-9H,5-7,13H2,1-4H3. The van der Waals surface area contributed by atoms with Crippen LogP contribution in [0.25, 0.3) is 0 Å². The smallest absolute Gasteiger partial charge is 0.402 e. The van der Waals surface area contributed by atoms with E-state index in [1.54, 1.807) is 0 Å². The van der Waals surface area contributed by atoms with Crippen LogP contribution in [0.15, 0.2) is 0 Å². The van der Waals surface area contributed by atoms with Crippen LogP contribution in [0.3, 0.4) is 0 Å². The van der Waals surface area contributed by atoms with E-state index in [0.29, 0.717) is 5.92 Å². The molecular formula is C11H22BNO2. The molecule has 2 rings (SSSR count). The van der Waals surface area contributed by atoms with Crippen LogP contribution in [0.5, 0.6) is 0 Å². The van der Waals surface area contributed by atoms with Gasteiger partial charge in [-0.2, -0.15) is 0 Å². The van der Waals surface area contributed by atoms with Gasteiger partial charge in [-0.1, -0.05) is 6.42 Å². The van der Waals surface area contributed by atoms with Gasteiger partial charge in [-0.15, -0.1) is 0 Å². The zero-order valence-electron chi connectivity index (χ0n) is 10.2. The molecule has 1 atom stereocenters. The van der Waals surface area contributed by atoms with Crippen molar-refractivity contribution in [2.75, 3.05) is 0 Å². The van der Waals surface area contributed by atoms with Gasteiger partial charge in [-0.05, 0) is 46.5 Å². The molecule has 1 heterocycles. The Hall–Kier alpha value is -0.0551. The fourth-order valence-electron chi connectivity index (χ4n) is 2.09. The summed E-state index contributed by atoms with van der Waals surface area (Å²) in [6.45, 7) is 8.28. The number of rotatable bonds is 2. The second-order valence-corrected chi connectivity index (χ2v) is 5.89. The van der Waals surface area contributed by atoms with E-state index in [-0.39, 0.29) is 24.3 Å².